The SMILES string of the molecule is CCn1c(=O)/c(=C/C=C2\SCCN2C)s/c1=C\c1sc2c3ccccc3ccc2[n+]1CC. The highest BCUT2D eigenvalue weighted by Gasteiger charge is 2.20. The molecule has 0 atom stereocenters. The van der Waals surface area contributed by atoms with Gasteiger partial charge >= 0.3 is 0 Å². The zero-order valence-corrected chi connectivity index (χ0v) is 20.9. The smallest absolute Gasteiger partial charge is 0.269 e. The molecular weight excluding hydrogens is 454 g/mol. The van der Waals surface area contributed by atoms with Crippen molar-refractivity contribution in [1.82, 2.24) is 9.47 Å². The molecule has 1 aliphatic heterocycles. The molecule has 0 unspecified atom stereocenters. The molecule has 0 saturated carbocycles. The molecule has 32 heavy (non-hydrogen) atoms. The van der Waals surface area contributed by atoms with Crippen LogP contribution in [0.15, 0.2) is 52.3 Å². The molecule has 0 amide bonds. The lowest BCUT2D eigenvalue weighted by atomic mass is 10.1. The number of thioether (sulfide) groups is 1. The van der Waals surface area contributed by atoms with E-state index in [1.54, 1.807) is 11.3 Å². The first-order valence-electron chi connectivity index (χ1n) is 10.9. The van der Waals surface area contributed by atoms with Gasteiger partial charge in [-0.25, -0.2) is 0 Å². The number of rotatable bonds is 4. The van der Waals surface area contributed by atoms with Crippen LogP contribution in [0.4, 0.5) is 0 Å². The molecule has 1 aliphatic rings. The molecule has 5 rings (SSSR count). The van der Waals surface area contributed by atoms with Gasteiger partial charge in [-0.3, -0.25) is 9.36 Å². The van der Waals surface area contributed by atoms with E-state index in [1.165, 1.54) is 31.0 Å². The summed E-state index contributed by atoms with van der Waals surface area (Å²) < 4.78 is 7.35. The third-order valence-corrected chi connectivity index (χ3v) is 9.26. The van der Waals surface area contributed by atoms with Gasteiger partial charge in [0.05, 0.1) is 15.6 Å². The zero-order valence-electron chi connectivity index (χ0n) is 18.5. The average molecular weight is 481 g/mol. The molecule has 0 spiro atoms. The van der Waals surface area contributed by atoms with E-state index in [4.69, 9.17) is 0 Å². The van der Waals surface area contributed by atoms with E-state index in [-0.39, 0.29) is 5.56 Å². The highest BCUT2D eigenvalue weighted by atomic mass is 32.2. The van der Waals surface area contributed by atoms with Crippen molar-refractivity contribution in [2.75, 3.05) is 19.3 Å². The first-order valence-corrected chi connectivity index (χ1v) is 13.5. The quantitative estimate of drug-likeness (QED) is 0.417. The number of aromatic nitrogens is 2. The Hall–Kier alpha value is -2.35. The Kier molecular flexibility index (Phi) is 5.97. The molecule has 1 saturated heterocycles. The van der Waals surface area contributed by atoms with Crippen molar-refractivity contribution in [1.29, 1.82) is 0 Å². The molecule has 0 aliphatic carbocycles. The minimum absolute atomic E-state index is 0.0980. The zero-order chi connectivity index (χ0) is 22.2. The second-order valence-electron chi connectivity index (χ2n) is 7.76. The fraction of sp³-hybridized carbons (Fsp3) is 0.280. The van der Waals surface area contributed by atoms with Crippen LogP contribution in [0.25, 0.3) is 33.1 Å². The molecule has 7 heteroatoms. The van der Waals surface area contributed by atoms with E-state index in [1.807, 2.05) is 40.7 Å². The lowest BCUT2D eigenvalue weighted by molar-refractivity contribution is -0.665. The molecule has 4 nitrogen and oxygen atoms in total. The van der Waals surface area contributed by atoms with Crippen molar-refractivity contribution in [3.63, 3.8) is 0 Å². The summed E-state index contributed by atoms with van der Waals surface area (Å²) in [6.45, 7) is 6.84. The van der Waals surface area contributed by atoms with Crippen molar-refractivity contribution >= 4 is 67.6 Å². The minimum atomic E-state index is 0.0980. The van der Waals surface area contributed by atoms with Crippen LogP contribution in [0.2, 0.25) is 0 Å². The number of hydrogen-bond donors (Lipinski definition) is 0. The summed E-state index contributed by atoms with van der Waals surface area (Å²) in [6, 6.07) is 13.0. The van der Waals surface area contributed by atoms with E-state index in [2.05, 4.69) is 72.0 Å². The largest absolute Gasteiger partial charge is 0.369 e. The minimum Gasteiger partial charge on any atom is -0.369 e. The van der Waals surface area contributed by atoms with Crippen LogP contribution in [-0.2, 0) is 13.1 Å². The molecule has 1 fully saturated rings. The summed E-state index contributed by atoms with van der Waals surface area (Å²) in [5, 5.41) is 4.96. The van der Waals surface area contributed by atoms with Crippen molar-refractivity contribution in [2.45, 2.75) is 26.9 Å². The average Bonchev–Trinajstić information content (AvgIpc) is 3.47. The summed E-state index contributed by atoms with van der Waals surface area (Å²) in [6.07, 6.45) is 6.28. The highest BCUT2D eigenvalue weighted by molar-refractivity contribution is 8.03. The molecule has 4 aromatic rings. The molecule has 164 valence electrons. The lowest BCUT2D eigenvalue weighted by Crippen LogP contribution is -2.35. The lowest BCUT2D eigenvalue weighted by Gasteiger charge is -2.09. The fourth-order valence-electron chi connectivity index (χ4n) is 4.16. The van der Waals surface area contributed by atoms with Crippen LogP contribution in [0.5, 0.6) is 0 Å². The fourth-order valence-corrected chi connectivity index (χ4v) is 7.63. The molecular formula is C25H26N3OS3+. The number of thiazole rings is 2. The Balaban J connectivity index is 1.70. The summed E-state index contributed by atoms with van der Waals surface area (Å²) >= 11 is 5.24. The van der Waals surface area contributed by atoms with Crippen LogP contribution in [-0.4, -0.2) is 28.8 Å². The van der Waals surface area contributed by atoms with Crippen LogP contribution >= 0.6 is 34.4 Å². The van der Waals surface area contributed by atoms with E-state index < -0.39 is 0 Å². The molecule has 0 radical (unpaired) electrons. The Morgan fingerprint density at radius 2 is 1.94 bits per heavy atom. The number of nitrogens with zero attached hydrogens (tertiary/aromatic N) is 3. The van der Waals surface area contributed by atoms with Gasteiger partial charge in [-0.2, -0.15) is 4.57 Å². The van der Waals surface area contributed by atoms with Gasteiger partial charge in [0.15, 0.2) is 0 Å². The van der Waals surface area contributed by atoms with Gasteiger partial charge in [0, 0.05) is 37.3 Å². The monoisotopic (exact) mass is 480 g/mol. The Labute approximate surface area is 199 Å². The van der Waals surface area contributed by atoms with Gasteiger partial charge in [0.2, 0.25) is 5.52 Å². The van der Waals surface area contributed by atoms with Crippen LogP contribution < -0.4 is 19.3 Å². The maximum absolute atomic E-state index is 13.1. The van der Waals surface area contributed by atoms with Crippen LogP contribution in [0, 0.1) is 0 Å². The molecule has 0 N–H and O–H groups in total. The summed E-state index contributed by atoms with van der Waals surface area (Å²) in [7, 11) is 2.10. The number of hydrogen-bond acceptors (Lipinski definition) is 5. The summed E-state index contributed by atoms with van der Waals surface area (Å²) in [5.41, 5.74) is 1.35. The molecule has 3 heterocycles. The molecule has 0 bridgehead atoms. The van der Waals surface area contributed by atoms with Gasteiger partial charge in [0.25, 0.3) is 10.6 Å². The third-order valence-electron chi connectivity index (χ3n) is 5.87. The van der Waals surface area contributed by atoms with E-state index in [0.717, 1.165) is 28.0 Å². The first-order chi connectivity index (χ1) is 15.6. The Morgan fingerprint density at radius 3 is 2.69 bits per heavy atom. The van der Waals surface area contributed by atoms with Crippen molar-refractivity contribution in [2.24, 2.45) is 0 Å². The molecule has 2 aromatic heterocycles. The van der Waals surface area contributed by atoms with Gasteiger partial charge in [-0.05, 0) is 37.5 Å². The van der Waals surface area contributed by atoms with Crippen molar-refractivity contribution in [3.05, 3.63) is 72.1 Å². The molecule has 2 aromatic carbocycles. The van der Waals surface area contributed by atoms with Gasteiger partial charge in [-0.1, -0.05) is 35.6 Å². The number of allylic oxidation sites excluding steroid dienone is 1. The Bertz CT molecular complexity index is 1520. The number of benzene rings is 2. The van der Waals surface area contributed by atoms with Gasteiger partial charge < -0.3 is 4.90 Å². The van der Waals surface area contributed by atoms with Crippen molar-refractivity contribution < 1.29 is 4.57 Å². The number of fused-ring (bicyclic) bond motifs is 3. The predicted molar refractivity (Wildman–Crippen MR) is 140 cm³/mol. The van der Waals surface area contributed by atoms with Crippen LogP contribution in [0.3, 0.4) is 0 Å². The number of aryl methyl sites for hydroxylation is 1. The van der Waals surface area contributed by atoms with E-state index >= 15 is 0 Å². The maximum atomic E-state index is 13.1. The summed E-state index contributed by atoms with van der Waals surface area (Å²) in [4.78, 5) is 15.3. The van der Waals surface area contributed by atoms with E-state index in [0.29, 0.717) is 6.54 Å². The highest BCUT2D eigenvalue weighted by Crippen LogP contribution is 2.29. The van der Waals surface area contributed by atoms with Gasteiger partial charge in [-0.15, -0.1) is 23.1 Å². The van der Waals surface area contributed by atoms with E-state index in [9.17, 15) is 4.79 Å². The maximum Gasteiger partial charge on any atom is 0.269 e. The Morgan fingerprint density at radius 1 is 1.09 bits per heavy atom. The topological polar surface area (TPSA) is 29.1 Å². The second kappa shape index (κ2) is 8.89. The second-order valence-corrected chi connectivity index (χ2v) is 11.0. The predicted octanol–water partition coefficient (Wildman–Crippen LogP) is 3.73. The normalized spacial score (nSPS) is 17.0. The van der Waals surface area contributed by atoms with Gasteiger partial charge in [0.1, 0.15) is 15.9 Å². The first kappa shape index (κ1) is 21.5. The third kappa shape index (κ3) is 3.72. The van der Waals surface area contributed by atoms with Crippen molar-refractivity contribution in [3.8, 4) is 0 Å². The summed E-state index contributed by atoms with van der Waals surface area (Å²) in [5.74, 6) is 1.11. The van der Waals surface area contributed by atoms with Crippen LogP contribution in [0.1, 0.15) is 18.9 Å². The standard InChI is InChI=1S/C25H26N3OS3/c1-4-27-19-11-10-17-8-6-7-9-18(17)24(19)32-22(27)16-23-28(5-2)25(29)20(31-23)12-13-21-26(3)14-15-30-21/h6-13,16H,4-5,14-15H2,1-3H3/q+1/b20-12-,21-13-.